The Morgan fingerprint density at radius 3 is 2.41 bits per heavy atom. The van der Waals surface area contributed by atoms with Crippen LogP contribution in [0.2, 0.25) is 0 Å². The van der Waals surface area contributed by atoms with Crippen LogP contribution in [0.4, 0.5) is 5.69 Å². The van der Waals surface area contributed by atoms with E-state index < -0.39 is 10.6 Å². The van der Waals surface area contributed by atoms with E-state index in [1.54, 1.807) is 25.4 Å². The van der Waals surface area contributed by atoms with Gasteiger partial charge in [-0.15, -0.1) is 11.8 Å². The summed E-state index contributed by atoms with van der Waals surface area (Å²) in [4.78, 5) is 40.4. The van der Waals surface area contributed by atoms with Crippen LogP contribution in [0.1, 0.15) is 18.1 Å². The lowest BCUT2D eigenvalue weighted by Gasteiger charge is -2.13. The number of aromatic nitrogens is 3. The number of hydrogen-bond donors (Lipinski definition) is 0. The van der Waals surface area contributed by atoms with Gasteiger partial charge in [-0.1, -0.05) is 19.1 Å². The number of non-ortho nitro benzene ring substituents is 1. The molecule has 0 atom stereocenters. The molecular formula is C18H18N4O4S. The molecule has 3 aromatic rings. The topological polar surface area (TPSA) is 100 Å². The van der Waals surface area contributed by atoms with Gasteiger partial charge >= 0.3 is 5.69 Å². The smallest absolute Gasteiger partial charge is 0.280 e. The van der Waals surface area contributed by atoms with E-state index in [0.29, 0.717) is 23.2 Å². The fraction of sp³-hybridized carbons (Fsp3) is 0.278. The van der Waals surface area contributed by atoms with Gasteiger partial charge in [0.15, 0.2) is 0 Å². The lowest BCUT2D eigenvalue weighted by molar-refractivity contribution is -0.384. The molecule has 9 heteroatoms. The van der Waals surface area contributed by atoms with Crippen molar-refractivity contribution in [1.82, 2.24) is 14.1 Å². The Balaban J connectivity index is 2.08. The normalized spacial score (nSPS) is 11.1. The molecule has 0 saturated carbocycles. The Kier molecular flexibility index (Phi) is 5.13. The van der Waals surface area contributed by atoms with Crippen LogP contribution in [0.3, 0.4) is 0 Å². The molecule has 2 aromatic heterocycles. The number of aryl methyl sites for hydroxylation is 2. The Morgan fingerprint density at radius 2 is 1.81 bits per heavy atom. The Labute approximate surface area is 158 Å². The number of benzene rings is 1. The molecule has 3 rings (SSSR count). The summed E-state index contributed by atoms with van der Waals surface area (Å²) in [7, 11) is 3.04. The number of hydrogen-bond acceptors (Lipinski definition) is 6. The van der Waals surface area contributed by atoms with E-state index in [2.05, 4.69) is 4.98 Å². The molecule has 0 saturated heterocycles. The van der Waals surface area contributed by atoms with Crippen molar-refractivity contribution in [3.05, 3.63) is 72.5 Å². The third-order valence-electron chi connectivity index (χ3n) is 4.41. The maximum atomic E-state index is 12.7. The van der Waals surface area contributed by atoms with Gasteiger partial charge in [-0.25, -0.2) is 9.78 Å². The van der Waals surface area contributed by atoms with E-state index in [4.69, 9.17) is 0 Å². The summed E-state index contributed by atoms with van der Waals surface area (Å²) in [6.45, 7) is 1.98. The van der Waals surface area contributed by atoms with E-state index in [1.807, 2.05) is 6.92 Å². The zero-order valence-electron chi connectivity index (χ0n) is 15.1. The van der Waals surface area contributed by atoms with Crippen LogP contribution in [0.5, 0.6) is 0 Å². The molecule has 0 aliphatic heterocycles. The first-order valence-electron chi connectivity index (χ1n) is 8.28. The highest BCUT2D eigenvalue weighted by Crippen LogP contribution is 2.31. The lowest BCUT2D eigenvalue weighted by atomic mass is 10.2. The molecule has 2 heterocycles. The third kappa shape index (κ3) is 3.37. The number of rotatable bonds is 5. The molecule has 0 radical (unpaired) electrons. The predicted molar refractivity (Wildman–Crippen MR) is 104 cm³/mol. The summed E-state index contributed by atoms with van der Waals surface area (Å²) in [5.74, 6) is 0.538. The quantitative estimate of drug-likeness (QED) is 0.379. The highest BCUT2D eigenvalue weighted by atomic mass is 32.2. The third-order valence-corrected chi connectivity index (χ3v) is 5.64. The fourth-order valence-corrected chi connectivity index (χ4v) is 4.04. The lowest BCUT2D eigenvalue weighted by Crippen LogP contribution is -2.37. The van der Waals surface area contributed by atoms with Crippen LogP contribution < -0.4 is 11.2 Å². The fourth-order valence-electron chi connectivity index (χ4n) is 2.83. The number of nitro benzene ring substituents is 1. The van der Waals surface area contributed by atoms with Crippen LogP contribution in [0.25, 0.3) is 11.0 Å². The molecule has 0 fully saturated rings. The van der Waals surface area contributed by atoms with E-state index in [9.17, 15) is 19.7 Å². The van der Waals surface area contributed by atoms with Gasteiger partial charge in [-0.05, 0) is 17.5 Å². The number of nitrogens with zero attached hydrogens (tertiary/aromatic N) is 4. The number of pyridine rings is 1. The predicted octanol–water partition coefficient (Wildman–Crippen LogP) is 2.40. The Hall–Kier alpha value is -2.94. The van der Waals surface area contributed by atoms with Gasteiger partial charge in [0.2, 0.25) is 0 Å². The molecule has 0 amide bonds. The molecule has 0 spiro atoms. The first kappa shape index (κ1) is 18.8. The van der Waals surface area contributed by atoms with Crippen molar-refractivity contribution in [2.75, 3.05) is 0 Å². The second-order valence-corrected chi connectivity index (χ2v) is 7.07. The molecule has 8 nitrogen and oxygen atoms in total. The average molecular weight is 386 g/mol. The van der Waals surface area contributed by atoms with E-state index >= 15 is 0 Å². The summed E-state index contributed by atoms with van der Waals surface area (Å²) < 4.78 is 2.45. The molecule has 27 heavy (non-hydrogen) atoms. The molecular weight excluding hydrogens is 368 g/mol. The van der Waals surface area contributed by atoms with Crippen LogP contribution in [0, 0.1) is 10.1 Å². The zero-order chi connectivity index (χ0) is 19.7. The van der Waals surface area contributed by atoms with E-state index in [1.165, 1.54) is 35.5 Å². The molecule has 1 aromatic carbocycles. The molecule has 0 aliphatic rings. The van der Waals surface area contributed by atoms with Crippen LogP contribution in [-0.4, -0.2) is 19.0 Å². The standard InChI is InChI=1S/C18H18N4O4S/c1-4-12-9-19-16-14(17(23)21(3)18(24)20(16)2)15(12)27-10-11-5-7-13(8-6-11)22(25)26/h5-9H,4,10H2,1-3H3. The molecule has 140 valence electrons. The zero-order valence-corrected chi connectivity index (χ0v) is 15.9. The van der Waals surface area contributed by atoms with Crippen molar-refractivity contribution in [3.63, 3.8) is 0 Å². The number of thioether (sulfide) groups is 1. The molecule has 0 N–H and O–H groups in total. The second kappa shape index (κ2) is 7.36. The minimum atomic E-state index is -0.438. The summed E-state index contributed by atoms with van der Waals surface area (Å²) in [5, 5.41) is 11.2. The Morgan fingerprint density at radius 1 is 1.15 bits per heavy atom. The van der Waals surface area contributed by atoms with E-state index in [-0.39, 0.29) is 11.2 Å². The first-order chi connectivity index (χ1) is 12.8. The molecule has 0 bridgehead atoms. The van der Waals surface area contributed by atoms with Crippen LogP contribution >= 0.6 is 11.8 Å². The minimum absolute atomic E-state index is 0.0382. The maximum Gasteiger partial charge on any atom is 0.332 e. The molecule has 0 aliphatic carbocycles. The highest BCUT2D eigenvalue weighted by molar-refractivity contribution is 7.98. The summed E-state index contributed by atoms with van der Waals surface area (Å²) in [5.41, 5.74) is 1.42. The summed E-state index contributed by atoms with van der Waals surface area (Å²) in [6.07, 6.45) is 2.39. The monoisotopic (exact) mass is 386 g/mol. The van der Waals surface area contributed by atoms with Gasteiger partial charge in [0.1, 0.15) is 5.65 Å². The SMILES string of the molecule is CCc1cnc2c(c1SCc1ccc([N+](=O)[O-])cc1)c(=O)n(C)c(=O)n2C. The van der Waals surface area contributed by atoms with E-state index in [0.717, 1.165) is 20.6 Å². The van der Waals surface area contributed by atoms with Crippen molar-refractivity contribution in [2.24, 2.45) is 14.1 Å². The van der Waals surface area contributed by atoms with Crippen molar-refractivity contribution in [2.45, 2.75) is 24.0 Å². The van der Waals surface area contributed by atoms with Gasteiger partial charge < -0.3 is 0 Å². The van der Waals surface area contributed by atoms with Gasteiger partial charge in [-0.2, -0.15) is 0 Å². The second-order valence-electron chi connectivity index (χ2n) is 6.08. The number of fused-ring (bicyclic) bond motifs is 1. The molecule has 0 unspecified atom stereocenters. The summed E-state index contributed by atoms with van der Waals surface area (Å²) >= 11 is 1.47. The number of nitro groups is 1. The van der Waals surface area contributed by atoms with Crippen molar-refractivity contribution >= 4 is 28.5 Å². The highest BCUT2D eigenvalue weighted by Gasteiger charge is 2.17. The average Bonchev–Trinajstić information content (AvgIpc) is 2.68. The first-order valence-corrected chi connectivity index (χ1v) is 9.27. The van der Waals surface area contributed by atoms with Crippen LogP contribution in [0.15, 0.2) is 44.9 Å². The maximum absolute atomic E-state index is 12.7. The van der Waals surface area contributed by atoms with Gasteiger partial charge in [-0.3, -0.25) is 24.0 Å². The largest absolute Gasteiger partial charge is 0.332 e. The van der Waals surface area contributed by atoms with Crippen molar-refractivity contribution in [1.29, 1.82) is 0 Å². The Bertz CT molecular complexity index is 1150. The van der Waals surface area contributed by atoms with Crippen LogP contribution in [-0.2, 0) is 26.3 Å². The van der Waals surface area contributed by atoms with Crippen molar-refractivity contribution < 1.29 is 4.92 Å². The van der Waals surface area contributed by atoms with Gasteiger partial charge in [0.25, 0.3) is 11.2 Å². The van der Waals surface area contributed by atoms with Gasteiger partial charge in [0.05, 0.1) is 10.3 Å². The summed E-state index contributed by atoms with van der Waals surface area (Å²) in [6, 6.07) is 6.33. The van der Waals surface area contributed by atoms with Gasteiger partial charge in [0, 0.05) is 43.1 Å². The minimum Gasteiger partial charge on any atom is -0.280 e. The van der Waals surface area contributed by atoms with Crippen molar-refractivity contribution in [3.8, 4) is 0 Å².